The van der Waals surface area contributed by atoms with Gasteiger partial charge in [0.2, 0.25) is 0 Å². The Morgan fingerprint density at radius 3 is 2.39 bits per heavy atom. The fourth-order valence-corrected chi connectivity index (χ4v) is 3.91. The summed E-state index contributed by atoms with van der Waals surface area (Å²) in [6, 6.07) is 19.4. The van der Waals surface area contributed by atoms with Crippen LogP contribution in [0.3, 0.4) is 0 Å². The van der Waals surface area contributed by atoms with Gasteiger partial charge in [-0.05, 0) is 60.5 Å². The number of fused-ring (bicyclic) bond motifs is 1. The second kappa shape index (κ2) is 8.27. The molecule has 0 bridgehead atoms. The average molecular weight is 438 g/mol. The topological polar surface area (TPSA) is 83.3 Å². The lowest BCUT2D eigenvalue weighted by molar-refractivity contribution is -0.115. The number of nitrogens with zero attached hydrogens (tertiary/aromatic N) is 4. The molecular weight excluding hydrogens is 414 g/mol. The molecule has 0 spiro atoms. The molecule has 1 aliphatic rings. The molecule has 1 amide bonds. The highest BCUT2D eigenvalue weighted by Crippen LogP contribution is 2.30. The molecular formula is C26H23N5O2. The molecule has 33 heavy (non-hydrogen) atoms. The van der Waals surface area contributed by atoms with Gasteiger partial charge >= 0.3 is 0 Å². The van der Waals surface area contributed by atoms with E-state index in [1.807, 2.05) is 80.7 Å². The molecule has 0 saturated heterocycles. The third-order valence-electron chi connectivity index (χ3n) is 5.62. The van der Waals surface area contributed by atoms with Crippen LogP contribution in [0.2, 0.25) is 0 Å². The summed E-state index contributed by atoms with van der Waals surface area (Å²) >= 11 is 0. The highest BCUT2D eigenvalue weighted by Gasteiger charge is 2.15. The van der Waals surface area contributed by atoms with Gasteiger partial charge in [-0.25, -0.2) is 0 Å². The molecule has 2 heterocycles. The second-order valence-electron chi connectivity index (χ2n) is 8.12. The number of amides is 1. The Hall–Kier alpha value is -4.39. The summed E-state index contributed by atoms with van der Waals surface area (Å²) in [5.74, 6) is 0.0645. The second-order valence-corrected chi connectivity index (χ2v) is 8.12. The molecule has 1 aromatic heterocycles. The Balaban J connectivity index is 1.40. The number of aromatic hydroxyl groups is 1. The van der Waals surface area contributed by atoms with E-state index in [2.05, 4.69) is 20.4 Å². The van der Waals surface area contributed by atoms with Crippen LogP contribution in [0, 0.1) is 6.92 Å². The van der Waals surface area contributed by atoms with Crippen LogP contribution in [0.1, 0.15) is 16.7 Å². The lowest BCUT2D eigenvalue weighted by Gasteiger charge is -2.21. The Labute approximate surface area is 191 Å². The monoisotopic (exact) mass is 437 g/mol. The molecule has 2 N–H and O–H groups in total. The highest BCUT2D eigenvalue weighted by molar-refractivity contribution is 6.03. The molecule has 0 aliphatic carbocycles. The van der Waals surface area contributed by atoms with Crippen LogP contribution in [0.25, 0.3) is 22.8 Å². The number of aromatic nitrogens is 3. The third kappa shape index (κ3) is 4.08. The molecule has 0 atom stereocenters. The van der Waals surface area contributed by atoms with E-state index < -0.39 is 0 Å². The fraction of sp³-hybridized carbons (Fsp3) is 0.115. The maximum Gasteiger partial charge on any atom is 0.255 e. The van der Waals surface area contributed by atoms with Crippen LogP contribution >= 0.6 is 0 Å². The number of rotatable bonds is 5. The standard InChI is InChI=1S/C26H23N5O2/c1-17-13-20(25(32)24(14-17)31-28-22-5-3-4-6-23(22)29-31)16-30(2)21-9-7-18(8-10-21)15-19-11-12-27-26(19)33/h3-15,32H,16H2,1-2H3,(H,27,33)/b19-15+. The molecule has 4 aromatic rings. The number of phenols is 1. The first-order valence-corrected chi connectivity index (χ1v) is 10.6. The molecule has 7 heteroatoms. The van der Waals surface area contributed by atoms with E-state index >= 15 is 0 Å². The molecule has 0 unspecified atom stereocenters. The Morgan fingerprint density at radius 1 is 1.06 bits per heavy atom. The first kappa shape index (κ1) is 20.5. The lowest BCUT2D eigenvalue weighted by Crippen LogP contribution is -2.17. The van der Waals surface area contributed by atoms with Gasteiger partial charge in [-0.3, -0.25) is 4.79 Å². The van der Waals surface area contributed by atoms with Crippen molar-refractivity contribution in [2.45, 2.75) is 13.5 Å². The van der Waals surface area contributed by atoms with Crippen molar-refractivity contribution < 1.29 is 9.90 Å². The summed E-state index contributed by atoms with van der Waals surface area (Å²) in [6.45, 7) is 2.50. The van der Waals surface area contributed by atoms with Gasteiger partial charge in [0.05, 0.1) is 0 Å². The SMILES string of the molecule is Cc1cc(CN(C)c2ccc(/C=C3\C=CNC3=O)cc2)c(O)c(-n2nc3ccccc3n2)c1. The minimum Gasteiger partial charge on any atom is -0.505 e. The summed E-state index contributed by atoms with van der Waals surface area (Å²) in [6.07, 6.45) is 5.25. The van der Waals surface area contributed by atoms with Crippen LogP contribution in [0.5, 0.6) is 5.75 Å². The van der Waals surface area contributed by atoms with Crippen molar-refractivity contribution in [3.63, 3.8) is 0 Å². The molecule has 3 aromatic carbocycles. The van der Waals surface area contributed by atoms with Crippen LogP contribution in [0.4, 0.5) is 5.69 Å². The van der Waals surface area contributed by atoms with Crippen molar-refractivity contribution in [1.29, 1.82) is 0 Å². The summed E-state index contributed by atoms with van der Waals surface area (Å²) in [5.41, 5.74) is 6.48. The predicted molar refractivity (Wildman–Crippen MR) is 129 cm³/mol. The number of anilines is 1. The van der Waals surface area contributed by atoms with Crippen molar-refractivity contribution in [3.8, 4) is 11.4 Å². The number of aryl methyl sites for hydroxylation is 1. The van der Waals surface area contributed by atoms with Crippen LogP contribution < -0.4 is 10.2 Å². The number of carbonyl (C=O) groups excluding carboxylic acids is 1. The third-order valence-corrected chi connectivity index (χ3v) is 5.62. The Morgan fingerprint density at radius 2 is 1.76 bits per heavy atom. The number of carbonyl (C=O) groups is 1. The predicted octanol–water partition coefficient (Wildman–Crippen LogP) is 4.10. The fourth-order valence-electron chi connectivity index (χ4n) is 3.91. The first-order chi connectivity index (χ1) is 16.0. The largest absolute Gasteiger partial charge is 0.505 e. The molecule has 0 radical (unpaired) electrons. The lowest BCUT2D eigenvalue weighted by atomic mass is 10.1. The zero-order chi connectivity index (χ0) is 22.9. The van der Waals surface area contributed by atoms with E-state index in [1.165, 1.54) is 4.80 Å². The zero-order valence-electron chi connectivity index (χ0n) is 18.4. The van der Waals surface area contributed by atoms with Gasteiger partial charge < -0.3 is 15.3 Å². The molecule has 0 saturated carbocycles. The number of hydrogen-bond acceptors (Lipinski definition) is 5. The van der Waals surface area contributed by atoms with E-state index in [4.69, 9.17) is 0 Å². The van der Waals surface area contributed by atoms with E-state index in [0.29, 0.717) is 17.8 Å². The number of hydrogen-bond donors (Lipinski definition) is 2. The van der Waals surface area contributed by atoms with Gasteiger partial charge in [0.1, 0.15) is 22.5 Å². The van der Waals surface area contributed by atoms with E-state index in [9.17, 15) is 9.90 Å². The Bertz CT molecular complexity index is 1380. The van der Waals surface area contributed by atoms with E-state index in [-0.39, 0.29) is 11.7 Å². The first-order valence-electron chi connectivity index (χ1n) is 10.6. The van der Waals surface area contributed by atoms with Crippen LogP contribution in [0.15, 0.2) is 78.5 Å². The quantitative estimate of drug-likeness (QED) is 0.460. The molecule has 164 valence electrons. The Kier molecular flexibility index (Phi) is 5.14. The van der Waals surface area contributed by atoms with Crippen molar-refractivity contribution in [2.24, 2.45) is 0 Å². The van der Waals surface area contributed by atoms with Crippen molar-refractivity contribution >= 4 is 28.7 Å². The molecule has 1 aliphatic heterocycles. The van der Waals surface area contributed by atoms with E-state index in [0.717, 1.165) is 33.4 Å². The van der Waals surface area contributed by atoms with Gasteiger partial charge in [0.25, 0.3) is 5.91 Å². The van der Waals surface area contributed by atoms with Gasteiger partial charge in [0.15, 0.2) is 0 Å². The minimum absolute atomic E-state index is 0.0958. The minimum atomic E-state index is -0.0958. The number of nitrogens with one attached hydrogen (secondary N) is 1. The van der Waals surface area contributed by atoms with Crippen molar-refractivity contribution in [3.05, 3.63) is 95.2 Å². The van der Waals surface area contributed by atoms with Gasteiger partial charge in [-0.15, -0.1) is 15.0 Å². The maximum absolute atomic E-state index is 11.7. The number of phenolic OH excluding ortho intramolecular Hbond substituents is 1. The van der Waals surface area contributed by atoms with Crippen molar-refractivity contribution in [2.75, 3.05) is 11.9 Å². The summed E-state index contributed by atoms with van der Waals surface area (Å²) in [5, 5.41) is 22.7. The smallest absolute Gasteiger partial charge is 0.255 e. The van der Waals surface area contributed by atoms with Crippen LogP contribution in [-0.2, 0) is 11.3 Å². The van der Waals surface area contributed by atoms with E-state index in [1.54, 1.807) is 12.3 Å². The van der Waals surface area contributed by atoms with Gasteiger partial charge in [0, 0.05) is 36.6 Å². The summed E-state index contributed by atoms with van der Waals surface area (Å²) in [4.78, 5) is 15.3. The normalized spacial score (nSPS) is 14.2. The average Bonchev–Trinajstić information content (AvgIpc) is 3.42. The maximum atomic E-state index is 11.7. The molecule has 7 nitrogen and oxygen atoms in total. The number of benzene rings is 3. The molecule has 5 rings (SSSR count). The molecule has 0 fully saturated rings. The van der Waals surface area contributed by atoms with Crippen molar-refractivity contribution in [1.82, 2.24) is 20.3 Å². The van der Waals surface area contributed by atoms with Crippen LogP contribution in [-0.4, -0.2) is 33.1 Å². The zero-order valence-corrected chi connectivity index (χ0v) is 18.4. The summed E-state index contributed by atoms with van der Waals surface area (Å²) in [7, 11) is 1.97. The van der Waals surface area contributed by atoms with Gasteiger partial charge in [-0.1, -0.05) is 30.3 Å². The summed E-state index contributed by atoms with van der Waals surface area (Å²) < 4.78 is 0. The van der Waals surface area contributed by atoms with Gasteiger partial charge in [-0.2, -0.15) is 0 Å². The highest BCUT2D eigenvalue weighted by atomic mass is 16.3.